The van der Waals surface area contributed by atoms with Gasteiger partial charge in [0.15, 0.2) is 0 Å². The molecule has 0 unspecified atom stereocenters. The summed E-state index contributed by atoms with van der Waals surface area (Å²) in [4.78, 5) is 3.73. The van der Waals surface area contributed by atoms with Crippen LogP contribution in [0.15, 0.2) is 36.9 Å². The first-order valence-electron chi connectivity index (χ1n) is 4.95. The van der Waals surface area contributed by atoms with Crippen molar-refractivity contribution in [2.24, 2.45) is 0 Å². The van der Waals surface area contributed by atoms with E-state index in [-0.39, 0.29) is 5.69 Å². The molecule has 0 aliphatic rings. The fourth-order valence-electron chi connectivity index (χ4n) is 1.59. The van der Waals surface area contributed by atoms with Crippen molar-refractivity contribution >= 4 is 12.6 Å². The number of benzene rings is 1. The summed E-state index contributed by atoms with van der Waals surface area (Å²) >= 11 is 0. The molecule has 2 N–H and O–H groups in total. The fraction of sp³-hybridized carbons (Fsp3) is 0.100. The van der Waals surface area contributed by atoms with E-state index in [0.717, 1.165) is 12.1 Å². The van der Waals surface area contributed by atoms with Crippen LogP contribution in [-0.4, -0.2) is 26.7 Å². The van der Waals surface area contributed by atoms with Gasteiger partial charge in [0.1, 0.15) is 0 Å². The van der Waals surface area contributed by atoms with Crippen LogP contribution in [0.3, 0.4) is 0 Å². The first kappa shape index (κ1) is 12.7. The second-order valence-electron chi connectivity index (χ2n) is 3.61. The lowest BCUT2D eigenvalue weighted by Crippen LogP contribution is -2.36. The predicted octanol–water partition coefficient (Wildman–Crippen LogP) is 0.571. The Hall–Kier alpha value is -1.80. The van der Waals surface area contributed by atoms with Gasteiger partial charge in [-0.1, -0.05) is 6.07 Å². The normalized spacial score (nSPS) is 11.6. The SMILES string of the molecule is OB(O)c1ccc(-n2ccnc2)cc1C(F)(F)F. The Kier molecular flexibility index (Phi) is 3.14. The highest BCUT2D eigenvalue weighted by molar-refractivity contribution is 6.59. The zero-order valence-electron chi connectivity index (χ0n) is 8.96. The third-order valence-electron chi connectivity index (χ3n) is 2.42. The van der Waals surface area contributed by atoms with Crippen molar-refractivity contribution in [3.63, 3.8) is 0 Å². The largest absolute Gasteiger partial charge is 0.489 e. The Balaban J connectivity index is 2.56. The molecule has 94 valence electrons. The Morgan fingerprint density at radius 1 is 1.22 bits per heavy atom. The minimum atomic E-state index is -4.66. The smallest absolute Gasteiger partial charge is 0.423 e. The van der Waals surface area contributed by atoms with Crippen molar-refractivity contribution in [2.45, 2.75) is 6.18 Å². The third kappa shape index (κ3) is 2.39. The molecule has 0 fully saturated rings. The van der Waals surface area contributed by atoms with Crippen LogP contribution in [-0.2, 0) is 6.18 Å². The summed E-state index contributed by atoms with van der Waals surface area (Å²) in [6, 6.07) is 3.23. The molecule has 0 aliphatic heterocycles. The van der Waals surface area contributed by atoms with Gasteiger partial charge in [0, 0.05) is 18.1 Å². The van der Waals surface area contributed by atoms with Crippen LogP contribution in [0.2, 0.25) is 0 Å². The molecule has 2 rings (SSSR count). The monoisotopic (exact) mass is 256 g/mol. The highest BCUT2D eigenvalue weighted by Gasteiger charge is 2.36. The molecule has 8 heteroatoms. The Bertz CT molecular complexity index is 541. The summed E-state index contributed by atoms with van der Waals surface area (Å²) < 4.78 is 39.7. The first-order valence-corrected chi connectivity index (χ1v) is 4.95. The van der Waals surface area contributed by atoms with Crippen LogP contribution in [0.1, 0.15) is 5.56 Å². The summed E-state index contributed by atoms with van der Waals surface area (Å²) in [5.41, 5.74) is -1.42. The predicted molar refractivity (Wildman–Crippen MR) is 58.4 cm³/mol. The van der Waals surface area contributed by atoms with Gasteiger partial charge in [-0.3, -0.25) is 0 Å². The first-order chi connectivity index (χ1) is 8.39. The Morgan fingerprint density at radius 3 is 2.44 bits per heavy atom. The topological polar surface area (TPSA) is 58.3 Å². The van der Waals surface area contributed by atoms with Gasteiger partial charge in [0.2, 0.25) is 0 Å². The van der Waals surface area contributed by atoms with Crippen molar-refractivity contribution in [1.82, 2.24) is 9.55 Å². The van der Waals surface area contributed by atoms with Gasteiger partial charge in [0.25, 0.3) is 0 Å². The number of alkyl halides is 3. The molecule has 0 bridgehead atoms. The van der Waals surface area contributed by atoms with Crippen molar-refractivity contribution < 1.29 is 23.2 Å². The molecule has 0 aliphatic carbocycles. The molecule has 0 saturated carbocycles. The highest BCUT2D eigenvalue weighted by Crippen LogP contribution is 2.29. The highest BCUT2D eigenvalue weighted by atomic mass is 19.4. The third-order valence-corrected chi connectivity index (χ3v) is 2.42. The summed E-state index contributed by atoms with van der Waals surface area (Å²) in [5.74, 6) is 0. The molecule has 1 aromatic carbocycles. The van der Waals surface area contributed by atoms with Gasteiger partial charge in [0.05, 0.1) is 11.9 Å². The molecule has 4 nitrogen and oxygen atoms in total. The molecule has 1 heterocycles. The molecule has 0 spiro atoms. The second-order valence-corrected chi connectivity index (χ2v) is 3.61. The van der Waals surface area contributed by atoms with Crippen LogP contribution < -0.4 is 5.46 Å². The molecule has 18 heavy (non-hydrogen) atoms. The van der Waals surface area contributed by atoms with Crippen molar-refractivity contribution in [3.05, 3.63) is 42.5 Å². The molecule has 0 atom stereocenters. The van der Waals surface area contributed by atoms with E-state index in [1.807, 2.05) is 0 Å². The zero-order chi connectivity index (χ0) is 13.3. The number of nitrogens with zero attached hydrogens (tertiary/aromatic N) is 2. The average Bonchev–Trinajstić information content (AvgIpc) is 2.80. The second kappa shape index (κ2) is 4.47. The molecule has 2 aromatic rings. The van der Waals surface area contributed by atoms with Crippen LogP contribution in [0.5, 0.6) is 0 Å². The van der Waals surface area contributed by atoms with Gasteiger partial charge in [-0.2, -0.15) is 13.2 Å². The number of hydrogen-bond donors (Lipinski definition) is 2. The van der Waals surface area contributed by atoms with E-state index >= 15 is 0 Å². The van der Waals surface area contributed by atoms with Gasteiger partial charge >= 0.3 is 13.3 Å². The van der Waals surface area contributed by atoms with E-state index in [1.165, 1.54) is 29.4 Å². The number of aromatic nitrogens is 2. The van der Waals surface area contributed by atoms with E-state index in [1.54, 1.807) is 0 Å². The quantitative estimate of drug-likeness (QED) is 0.772. The number of hydrogen-bond acceptors (Lipinski definition) is 3. The standard InChI is InChI=1S/C10H8BF3N2O2/c12-10(13,14)8-5-7(16-4-3-15-6-16)1-2-9(8)11(17)18/h1-6,17-18H. The van der Waals surface area contributed by atoms with E-state index in [2.05, 4.69) is 4.98 Å². The molecular weight excluding hydrogens is 248 g/mol. The maximum atomic E-state index is 12.8. The summed E-state index contributed by atoms with van der Waals surface area (Å²) in [6.07, 6.45) is -0.382. The maximum Gasteiger partial charge on any atom is 0.489 e. The van der Waals surface area contributed by atoms with Crippen LogP contribution in [0.4, 0.5) is 13.2 Å². The lowest BCUT2D eigenvalue weighted by Gasteiger charge is -2.14. The van der Waals surface area contributed by atoms with E-state index in [4.69, 9.17) is 10.0 Å². The Labute approximate surface area is 100 Å². The zero-order valence-corrected chi connectivity index (χ0v) is 8.96. The van der Waals surface area contributed by atoms with Gasteiger partial charge < -0.3 is 14.6 Å². The van der Waals surface area contributed by atoms with Crippen molar-refractivity contribution in [3.8, 4) is 5.69 Å². The minimum Gasteiger partial charge on any atom is -0.423 e. The summed E-state index contributed by atoms with van der Waals surface area (Å²) in [5, 5.41) is 17.9. The maximum absolute atomic E-state index is 12.8. The van der Waals surface area contributed by atoms with Crippen LogP contribution in [0, 0.1) is 0 Å². The van der Waals surface area contributed by atoms with Gasteiger partial charge in [-0.15, -0.1) is 0 Å². The molecular formula is C10H8BF3N2O2. The summed E-state index contributed by atoms with van der Waals surface area (Å²) in [6.45, 7) is 0. The van der Waals surface area contributed by atoms with Crippen LogP contribution in [0.25, 0.3) is 5.69 Å². The number of imidazole rings is 1. The van der Waals surface area contributed by atoms with Gasteiger partial charge in [-0.25, -0.2) is 4.98 Å². The number of halogens is 3. The van der Waals surface area contributed by atoms with Crippen LogP contribution >= 0.6 is 0 Å². The lowest BCUT2D eigenvalue weighted by molar-refractivity contribution is -0.136. The van der Waals surface area contributed by atoms with Gasteiger partial charge in [-0.05, 0) is 17.6 Å². The number of rotatable bonds is 2. The van der Waals surface area contributed by atoms with E-state index in [9.17, 15) is 13.2 Å². The molecule has 0 amide bonds. The molecule has 1 aromatic heterocycles. The summed E-state index contributed by atoms with van der Waals surface area (Å²) in [7, 11) is -2.17. The fourth-order valence-corrected chi connectivity index (χ4v) is 1.59. The minimum absolute atomic E-state index is 0.240. The lowest BCUT2D eigenvalue weighted by atomic mass is 9.76. The van der Waals surface area contributed by atoms with Crippen molar-refractivity contribution in [2.75, 3.05) is 0 Å². The molecule has 0 radical (unpaired) electrons. The molecule has 0 saturated heterocycles. The Morgan fingerprint density at radius 2 is 1.94 bits per heavy atom. The van der Waals surface area contributed by atoms with E-state index < -0.39 is 24.3 Å². The van der Waals surface area contributed by atoms with Crippen molar-refractivity contribution in [1.29, 1.82) is 0 Å². The average molecular weight is 256 g/mol. The van der Waals surface area contributed by atoms with E-state index in [0.29, 0.717) is 0 Å².